The van der Waals surface area contributed by atoms with Gasteiger partial charge in [-0.15, -0.1) is 0 Å². The van der Waals surface area contributed by atoms with E-state index in [1.54, 1.807) is 0 Å². The van der Waals surface area contributed by atoms with Crippen molar-refractivity contribution < 1.29 is 0 Å². The van der Waals surface area contributed by atoms with Crippen LogP contribution in [0.4, 0.5) is 0 Å². The molecular formula is C11H20N2S. The molecule has 0 bridgehead atoms. The Morgan fingerprint density at radius 2 is 2.14 bits per heavy atom. The summed E-state index contributed by atoms with van der Waals surface area (Å²) in [5.41, 5.74) is 0. The average molecular weight is 212 g/mol. The number of likely N-dealkylation sites (tertiary alicyclic amines) is 1. The van der Waals surface area contributed by atoms with Gasteiger partial charge in [-0.25, -0.2) is 0 Å². The van der Waals surface area contributed by atoms with Gasteiger partial charge in [-0.05, 0) is 44.3 Å². The van der Waals surface area contributed by atoms with Gasteiger partial charge in [0.15, 0.2) is 5.11 Å². The van der Waals surface area contributed by atoms with Crippen LogP contribution in [-0.4, -0.2) is 29.1 Å². The Hall–Kier alpha value is -0.310. The molecule has 2 rings (SSSR count). The molecule has 0 aromatic rings. The van der Waals surface area contributed by atoms with Crippen molar-refractivity contribution in [1.82, 2.24) is 10.2 Å². The molecule has 2 nitrogen and oxygen atoms in total. The predicted molar refractivity (Wildman–Crippen MR) is 63.3 cm³/mol. The topological polar surface area (TPSA) is 15.3 Å². The summed E-state index contributed by atoms with van der Waals surface area (Å²) in [5, 5.41) is 4.27. The molecule has 1 saturated carbocycles. The molecule has 0 radical (unpaired) electrons. The van der Waals surface area contributed by atoms with E-state index >= 15 is 0 Å². The van der Waals surface area contributed by atoms with Gasteiger partial charge in [0.2, 0.25) is 0 Å². The van der Waals surface area contributed by atoms with Crippen LogP contribution in [0.3, 0.4) is 0 Å². The van der Waals surface area contributed by atoms with Gasteiger partial charge in [-0.3, -0.25) is 0 Å². The molecule has 2 aliphatic rings. The lowest BCUT2D eigenvalue weighted by Crippen LogP contribution is -2.44. The second kappa shape index (κ2) is 4.47. The zero-order valence-electron chi connectivity index (χ0n) is 8.96. The summed E-state index contributed by atoms with van der Waals surface area (Å²) in [5.74, 6) is 0.931. The molecule has 2 fully saturated rings. The van der Waals surface area contributed by atoms with E-state index in [0.717, 1.165) is 23.6 Å². The lowest BCUT2D eigenvalue weighted by Gasteiger charge is -2.33. The van der Waals surface area contributed by atoms with E-state index in [2.05, 4.69) is 17.1 Å². The molecule has 3 heteroatoms. The van der Waals surface area contributed by atoms with E-state index in [-0.39, 0.29) is 0 Å². The average Bonchev–Trinajstić information content (AvgIpc) is 2.61. The molecule has 0 aromatic carbocycles. The van der Waals surface area contributed by atoms with Crippen molar-refractivity contribution >= 4 is 17.3 Å². The number of hydrogen-bond acceptors (Lipinski definition) is 1. The summed E-state index contributed by atoms with van der Waals surface area (Å²) in [6.07, 6.45) is 6.97. The van der Waals surface area contributed by atoms with Gasteiger partial charge in [0.05, 0.1) is 0 Å². The van der Waals surface area contributed by atoms with E-state index < -0.39 is 0 Å². The molecule has 2 unspecified atom stereocenters. The number of fused-ring (bicyclic) bond motifs is 1. The minimum absolute atomic E-state index is 0.760. The van der Waals surface area contributed by atoms with Gasteiger partial charge in [-0.1, -0.05) is 12.8 Å². The molecule has 0 aromatic heterocycles. The maximum atomic E-state index is 5.40. The molecule has 1 aliphatic carbocycles. The second-order valence-electron chi connectivity index (χ2n) is 4.43. The molecular weight excluding hydrogens is 192 g/mol. The molecule has 0 spiro atoms. The van der Waals surface area contributed by atoms with Crippen molar-refractivity contribution in [2.75, 3.05) is 13.1 Å². The predicted octanol–water partition coefficient (Wildman–Crippen LogP) is 2.15. The van der Waals surface area contributed by atoms with Crippen molar-refractivity contribution in [2.45, 2.75) is 45.1 Å². The first kappa shape index (κ1) is 10.2. The third kappa shape index (κ3) is 1.88. The van der Waals surface area contributed by atoms with Crippen LogP contribution in [0, 0.1) is 5.92 Å². The van der Waals surface area contributed by atoms with Crippen molar-refractivity contribution in [3.05, 3.63) is 0 Å². The highest BCUT2D eigenvalue weighted by Crippen LogP contribution is 2.35. The Kier molecular flexibility index (Phi) is 3.26. The van der Waals surface area contributed by atoms with Gasteiger partial charge in [0.1, 0.15) is 0 Å². The van der Waals surface area contributed by atoms with E-state index in [4.69, 9.17) is 12.2 Å². The Morgan fingerprint density at radius 3 is 2.93 bits per heavy atom. The quantitative estimate of drug-likeness (QED) is 0.671. The van der Waals surface area contributed by atoms with Crippen LogP contribution < -0.4 is 5.32 Å². The number of nitrogens with zero attached hydrogens (tertiary/aromatic N) is 1. The molecule has 2 atom stereocenters. The monoisotopic (exact) mass is 212 g/mol. The van der Waals surface area contributed by atoms with Crippen LogP contribution >= 0.6 is 12.2 Å². The van der Waals surface area contributed by atoms with Crippen LogP contribution in [0.1, 0.15) is 39.0 Å². The molecule has 14 heavy (non-hydrogen) atoms. The third-order valence-electron chi connectivity index (χ3n) is 3.60. The van der Waals surface area contributed by atoms with E-state index in [9.17, 15) is 0 Å². The fourth-order valence-electron chi connectivity index (χ4n) is 2.91. The van der Waals surface area contributed by atoms with Gasteiger partial charge >= 0.3 is 0 Å². The Balaban J connectivity index is 1.96. The zero-order chi connectivity index (χ0) is 9.97. The Morgan fingerprint density at radius 1 is 1.36 bits per heavy atom. The molecule has 1 aliphatic heterocycles. The summed E-state index contributed by atoms with van der Waals surface area (Å²) in [4.78, 5) is 2.43. The van der Waals surface area contributed by atoms with Crippen molar-refractivity contribution in [3.8, 4) is 0 Å². The number of hydrogen-bond donors (Lipinski definition) is 1. The Bertz CT molecular complexity index is 217. The SMILES string of the molecule is CCNC(=S)N1CCC2CCCCC21. The number of thiocarbonyl (C=S) groups is 1. The highest BCUT2D eigenvalue weighted by atomic mass is 32.1. The van der Waals surface area contributed by atoms with Gasteiger partial charge in [0.25, 0.3) is 0 Å². The maximum absolute atomic E-state index is 5.40. The first-order chi connectivity index (χ1) is 6.83. The molecule has 1 N–H and O–H groups in total. The fourth-order valence-corrected chi connectivity index (χ4v) is 3.28. The van der Waals surface area contributed by atoms with Crippen LogP contribution in [0.2, 0.25) is 0 Å². The number of nitrogens with one attached hydrogen (secondary N) is 1. The standard InChI is InChI=1S/C11H20N2S/c1-2-12-11(14)13-8-7-9-5-3-4-6-10(9)13/h9-10H,2-8H2,1H3,(H,12,14). The van der Waals surface area contributed by atoms with Crippen LogP contribution in [0.5, 0.6) is 0 Å². The normalized spacial score (nSPS) is 31.4. The van der Waals surface area contributed by atoms with Crippen molar-refractivity contribution in [1.29, 1.82) is 0 Å². The maximum Gasteiger partial charge on any atom is 0.169 e. The lowest BCUT2D eigenvalue weighted by molar-refractivity contribution is 0.252. The highest BCUT2D eigenvalue weighted by molar-refractivity contribution is 7.80. The summed E-state index contributed by atoms with van der Waals surface area (Å²) in [7, 11) is 0. The molecule has 0 amide bonds. The first-order valence-electron chi connectivity index (χ1n) is 5.87. The smallest absolute Gasteiger partial charge is 0.169 e. The van der Waals surface area contributed by atoms with Crippen LogP contribution in [0.25, 0.3) is 0 Å². The van der Waals surface area contributed by atoms with Gasteiger partial charge < -0.3 is 10.2 Å². The summed E-state index contributed by atoms with van der Waals surface area (Å²) < 4.78 is 0. The van der Waals surface area contributed by atoms with Crippen molar-refractivity contribution in [3.63, 3.8) is 0 Å². The highest BCUT2D eigenvalue weighted by Gasteiger charge is 2.36. The van der Waals surface area contributed by atoms with E-state index in [0.29, 0.717) is 0 Å². The summed E-state index contributed by atoms with van der Waals surface area (Å²) in [6, 6.07) is 0.760. The van der Waals surface area contributed by atoms with Crippen molar-refractivity contribution in [2.24, 2.45) is 5.92 Å². The summed E-state index contributed by atoms with van der Waals surface area (Å²) >= 11 is 5.40. The largest absolute Gasteiger partial charge is 0.363 e. The number of rotatable bonds is 1. The fraction of sp³-hybridized carbons (Fsp3) is 0.909. The van der Waals surface area contributed by atoms with Gasteiger partial charge in [-0.2, -0.15) is 0 Å². The molecule has 1 saturated heterocycles. The van der Waals surface area contributed by atoms with Crippen LogP contribution in [0.15, 0.2) is 0 Å². The lowest BCUT2D eigenvalue weighted by atomic mass is 9.85. The van der Waals surface area contributed by atoms with E-state index in [1.165, 1.54) is 38.6 Å². The van der Waals surface area contributed by atoms with E-state index in [1.807, 2.05) is 0 Å². The first-order valence-corrected chi connectivity index (χ1v) is 6.28. The minimum atomic E-state index is 0.760. The second-order valence-corrected chi connectivity index (χ2v) is 4.82. The summed E-state index contributed by atoms with van der Waals surface area (Å²) in [6.45, 7) is 4.24. The molecule has 80 valence electrons. The minimum Gasteiger partial charge on any atom is -0.363 e. The third-order valence-corrected chi connectivity index (χ3v) is 3.98. The molecule has 1 heterocycles. The van der Waals surface area contributed by atoms with Gasteiger partial charge in [0, 0.05) is 19.1 Å². The Labute approximate surface area is 92.0 Å². The zero-order valence-corrected chi connectivity index (χ0v) is 9.78. The van der Waals surface area contributed by atoms with Crippen LogP contribution in [-0.2, 0) is 0 Å².